The third-order valence-electron chi connectivity index (χ3n) is 1.49. The smallest absolute Gasteiger partial charge is 0.154 e. The maximum atomic E-state index is 10.2. The van der Waals surface area contributed by atoms with Crippen LogP contribution in [0.2, 0.25) is 0 Å². The molecule has 1 atom stereocenters. The molecule has 50 valence electrons. The standard InChI is InChI=1S/C5H7NO2S/c6-3-5(1-2-5)4-9(7)8/h1-2,4H2,(H,7,8). The SMILES string of the molecule is N#CC1(CS(=O)O)CC1. The van der Waals surface area contributed by atoms with Crippen LogP contribution in [0.4, 0.5) is 0 Å². The summed E-state index contributed by atoms with van der Waals surface area (Å²) in [6.07, 6.45) is 1.58. The zero-order chi connectivity index (χ0) is 6.91. The van der Waals surface area contributed by atoms with Gasteiger partial charge >= 0.3 is 0 Å². The Balaban J connectivity index is 2.45. The van der Waals surface area contributed by atoms with Crippen molar-refractivity contribution < 1.29 is 8.76 Å². The predicted molar refractivity (Wildman–Crippen MR) is 32.9 cm³/mol. The van der Waals surface area contributed by atoms with E-state index in [1.165, 1.54) is 0 Å². The van der Waals surface area contributed by atoms with Crippen LogP contribution in [0, 0.1) is 16.7 Å². The van der Waals surface area contributed by atoms with Gasteiger partial charge in [-0.3, -0.25) is 0 Å². The minimum absolute atomic E-state index is 0.128. The van der Waals surface area contributed by atoms with E-state index in [1.54, 1.807) is 0 Å². The van der Waals surface area contributed by atoms with Crippen molar-refractivity contribution in [3.05, 3.63) is 0 Å². The molecule has 1 N–H and O–H groups in total. The van der Waals surface area contributed by atoms with Crippen LogP contribution in [0.3, 0.4) is 0 Å². The zero-order valence-electron chi connectivity index (χ0n) is 4.83. The van der Waals surface area contributed by atoms with E-state index in [9.17, 15) is 4.21 Å². The first-order chi connectivity index (χ1) is 4.18. The summed E-state index contributed by atoms with van der Waals surface area (Å²) in [5, 5.41) is 8.41. The fourth-order valence-electron chi connectivity index (χ4n) is 0.676. The maximum absolute atomic E-state index is 10.2. The highest BCUT2D eigenvalue weighted by atomic mass is 32.2. The van der Waals surface area contributed by atoms with Gasteiger partial charge in [-0.2, -0.15) is 5.26 Å². The van der Waals surface area contributed by atoms with Crippen LogP contribution in [0.1, 0.15) is 12.8 Å². The van der Waals surface area contributed by atoms with Gasteiger partial charge in [0.25, 0.3) is 0 Å². The Morgan fingerprint density at radius 1 is 1.78 bits per heavy atom. The lowest BCUT2D eigenvalue weighted by Gasteiger charge is -1.97. The van der Waals surface area contributed by atoms with Crippen LogP contribution in [0.25, 0.3) is 0 Å². The molecule has 0 aromatic rings. The van der Waals surface area contributed by atoms with Crippen molar-refractivity contribution in [2.45, 2.75) is 12.8 Å². The molecule has 0 spiro atoms. The minimum atomic E-state index is -1.79. The Morgan fingerprint density at radius 3 is 2.44 bits per heavy atom. The highest BCUT2D eigenvalue weighted by Crippen LogP contribution is 2.45. The van der Waals surface area contributed by atoms with Crippen molar-refractivity contribution in [3.8, 4) is 6.07 Å². The Hall–Kier alpha value is -0.400. The molecule has 0 aromatic heterocycles. The van der Waals surface area contributed by atoms with Gasteiger partial charge < -0.3 is 4.55 Å². The number of hydrogen-bond donors (Lipinski definition) is 1. The summed E-state index contributed by atoms with van der Waals surface area (Å²) < 4.78 is 18.6. The summed E-state index contributed by atoms with van der Waals surface area (Å²) in [6, 6.07) is 2.03. The van der Waals surface area contributed by atoms with Gasteiger partial charge in [-0.05, 0) is 12.8 Å². The summed E-state index contributed by atoms with van der Waals surface area (Å²) in [4.78, 5) is 0. The molecule has 0 bridgehead atoms. The molecule has 3 nitrogen and oxygen atoms in total. The lowest BCUT2D eigenvalue weighted by atomic mass is 10.2. The van der Waals surface area contributed by atoms with E-state index in [1.807, 2.05) is 6.07 Å². The van der Waals surface area contributed by atoms with Crippen molar-refractivity contribution in [1.82, 2.24) is 0 Å². The van der Waals surface area contributed by atoms with Gasteiger partial charge in [-0.1, -0.05) is 0 Å². The summed E-state index contributed by atoms with van der Waals surface area (Å²) >= 11 is -1.79. The van der Waals surface area contributed by atoms with Crippen LogP contribution in [0.15, 0.2) is 0 Å². The van der Waals surface area contributed by atoms with E-state index in [4.69, 9.17) is 9.81 Å². The van der Waals surface area contributed by atoms with E-state index < -0.39 is 16.5 Å². The molecular formula is C5H7NO2S. The molecule has 1 aliphatic rings. The average Bonchev–Trinajstić information content (AvgIpc) is 2.48. The molecule has 1 unspecified atom stereocenters. The summed E-state index contributed by atoms with van der Waals surface area (Å²) in [6.45, 7) is 0. The number of hydrogen-bond acceptors (Lipinski definition) is 2. The number of rotatable bonds is 2. The van der Waals surface area contributed by atoms with Crippen molar-refractivity contribution in [2.24, 2.45) is 5.41 Å². The molecule has 0 amide bonds. The molecule has 0 radical (unpaired) electrons. The van der Waals surface area contributed by atoms with Crippen molar-refractivity contribution in [3.63, 3.8) is 0 Å². The van der Waals surface area contributed by atoms with Gasteiger partial charge in [0.1, 0.15) is 0 Å². The minimum Gasteiger partial charge on any atom is -0.306 e. The molecular weight excluding hydrogens is 138 g/mol. The first-order valence-corrected chi connectivity index (χ1v) is 3.95. The lowest BCUT2D eigenvalue weighted by Crippen LogP contribution is -2.08. The Kier molecular flexibility index (Phi) is 1.56. The van der Waals surface area contributed by atoms with Crippen molar-refractivity contribution in [2.75, 3.05) is 5.75 Å². The predicted octanol–water partition coefficient (Wildman–Crippen LogP) is 0.512. The van der Waals surface area contributed by atoms with Gasteiger partial charge in [0.2, 0.25) is 0 Å². The molecule has 9 heavy (non-hydrogen) atoms. The van der Waals surface area contributed by atoms with Gasteiger partial charge in [0, 0.05) is 0 Å². The van der Waals surface area contributed by atoms with Gasteiger partial charge in [-0.15, -0.1) is 0 Å². The first kappa shape index (κ1) is 6.72. The maximum Gasteiger partial charge on any atom is 0.154 e. The highest BCUT2D eigenvalue weighted by molar-refractivity contribution is 7.79. The third kappa shape index (κ3) is 1.50. The van der Waals surface area contributed by atoms with Gasteiger partial charge in [0.15, 0.2) is 11.1 Å². The van der Waals surface area contributed by atoms with Gasteiger partial charge in [-0.25, -0.2) is 4.21 Å². The van der Waals surface area contributed by atoms with Crippen molar-refractivity contribution >= 4 is 11.1 Å². The van der Waals surface area contributed by atoms with E-state index in [2.05, 4.69) is 0 Å². The lowest BCUT2D eigenvalue weighted by molar-refractivity contribution is 0.552. The highest BCUT2D eigenvalue weighted by Gasteiger charge is 2.44. The third-order valence-corrected chi connectivity index (χ3v) is 2.29. The molecule has 4 heteroatoms. The van der Waals surface area contributed by atoms with Crippen LogP contribution in [-0.4, -0.2) is 14.5 Å². The normalized spacial score (nSPS) is 24.4. The molecule has 0 heterocycles. The van der Waals surface area contributed by atoms with Crippen LogP contribution in [-0.2, 0) is 11.1 Å². The molecule has 1 saturated carbocycles. The average molecular weight is 145 g/mol. The monoisotopic (exact) mass is 145 g/mol. The molecule has 0 aliphatic heterocycles. The Labute approximate surface area is 56.0 Å². The van der Waals surface area contributed by atoms with E-state index >= 15 is 0 Å². The molecule has 1 fully saturated rings. The second kappa shape index (κ2) is 2.09. The van der Waals surface area contributed by atoms with Crippen molar-refractivity contribution in [1.29, 1.82) is 5.26 Å². The number of nitriles is 1. The Bertz CT molecular complexity index is 180. The molecule has 0 aromatic carbocycles. The fourth-order valence-corrected chi connectivity index (χ4v) is 1.50. The largest absolute Gasteiger partial charge is 0.306 e. The Morgan fingerprint density at radius 2 is 2.33 bits per heavy atom. The number of nitrogens with zero attached hydrogens (tertiary/aromatic N) is 1. The molecule has 1 rings (SSSR count). The quantitative estimate of drug-likeness (QED) is 0.576. The summed E-state index contributed by atoms with van der Waals surface area (Å²) in [5.74, 6) is 0.128. The second-order valence-corrected chi connectivity index (χ2v) is 3.29. The van der Waals surface area contributed by atoms with E-state index in [0.717, 1.165) is 12.8 Å². The zero-order valence-corrected chi connectivity index (χ0v) is 5.65. The van der Waals surface area contributed by atoms with E-state index in [-0.39, 0.29) is 5.75 Å². The molecule has 1 aliphatic carbocycles. The van der Waals surface area contributed by atoms with Crippen LogP contribution >= 0.6 is 0 Å². The summed E-state index contributed by atoms with van der Waals surface area (Å²) in [5.41, 5.74) is -0.431. The van der Waals surface area contributed by atoms with Crippen LogP contribution in [0.5, 0.6) is 0 Å². The topological polar surface area (TPSA) is 61.1 Å². The summed E-state index contributed by atoms with van der Waals surface area (Å²) in [7, 11) is 0. The molecule has 0 saturated heterocycles. The second-order valence-electron chi connectivity index (χ2n) is 2.36. The first-order valence-electron chi connectivity index (χ1n) is 2.67. The fraction of sp³-hybridized carbons (Fsp3) is 0.800. The van der Waals surface area contributed by atoms with Gasteiger partial charge in [0.05, 0.1) is 17.2 Å². The van der Waals surface area contributed by atoms with Crippen LogP contribution < -0.4 is 0 Å². The van der Waals surface area contributed by atoms with E-state index in [0.29, 0.717) is 0 Å².